The molecule has 0 amide bonds. The van der Waals surface area contributed by atoms with Gasteiger partial charge in [-0.3, -0.25) is 0 Å². The van der Waals surface area contributed by atoms with Crippen LogP contribution in [-0.4, -0.2) is 31.8 Å². The van der Waals surface area contributed by atoms with Crippen molar-refractivity contribution < 1.29 is 13.2 Å². The van der Waals surface area contributed by atoms with Crippen molar-refractivity contribution in [2.45, 2.75) is 12.7 Å². The number of halogens is 3. The van der Waals surface area contributed by atoms with E-state index in [0.29, 0.717) is 18.1 Å². The Morgan fingerprint density at radius 3 is 2.62 bits per heavy atom. The Hall–Kier alpha value is -1.30. The highest BCUT2D eigenvalue weighted by atomic mass is 19.4. The summed E-state index contributed by atoms with van der Waals surface area (Å²) in [5.41, 5.74) is 0.717. The van der Waals surface area contributed by atoms with E-state index in [-0.39, 0.29) is 0 Å². The SMILES string of the molecule is CNCc1cccc(N(C)CC(F)(F)F)n1. The zero-order chi connectivity index (χ0) is 12.2. The summed E-state index contributed by atoms with van der Waals surface area (Å²) < 4.78 is 36.5. The maximum Gasteiger partial charge on any atom is 0.405 e. The van der Waals surface area contributed by atoms with Gasteiger partial charge in [0.15, 0.2) is 0 Å². The van der Waals surface area contributed by atoms with Gasteiger partial charge in [0.2, 0.25) is 0 Å². The van der Waals surface area contributed by atoms with E-state index in [2.05, 4.69) is 10.3 Å². The molecular weight excluding hydrogens is 219 g/mol. The van der Waals surface area contributed by atoms with Crippen LogP contribution in [0.15, 0.2) is 18.2 Å². The molecule has 0 saturated heterocycles. The molecule has 1 rings (SSSR count). The summed E-state index contributed by atoms with van der Waals surface area (Å²) in [4.78, 5) is 5.19. The van der Waals surface area contributed by atoms with Gasteiger partial charge in [0, 0.05) is 13.6 Å². The summed E-state index contributed by atoms with van der Waals surface area (Å²) >= 11 is 0. The first kappa shape index (κ1) is 12.8. The summed E-state index contributed by atoms with van der Waals surface area (Å²) in [6, 6.07) is 5.02. The monoisotopic (exact) mass is 233 g/mol. The lowest BCUT2D eigenvalue weighted by Gasteiger charge is -2.20. The molecule has 0 bridgehead atoms. The molecule has 0 saturated carbocycles. The van der Waals surface area contributed by atoms with Gasteiger partial charge in [0.05, 0.1) is 5.69 Å². The molecule has 0 atom stereocenters. The second-order valence-corrected chi connectivity index (χ2v) is 3.49. The molecule has 1 N–H and O–H groups in total. The summed E-state index contributed by atoms with van der Waals surface area (Å²) in [5, 5.41) is 2.90. The standard InChI is InChI=1S/C10H14F3N3/c1-14-6-8-4-3-5-9(15-8)16(2)7-10(11,12)13/h3-5,14H,6-7H2,1-2H3. The predicted octanol–water partition coefficient (Wildman–Crippen LogP) is 1.80. The van der Waals surface area contributed by atoms with Gasteiger partial charge in [-0.15, -0.1) is 0 Å². The van der Waals surface area contributed by atoms with Gasteiger partial charge in [-0.25, -0.2) is 4.98 Å². The molecule has 0 aliphatic carbocycles. The molecule has 0 spiro atoms. The van der Waals surface area contributed by atoms with E-state index >= 15 is 0 Å². The van der Waals surface area contributed by atoms with Crippen molar-refractivity contribution in [3.63, 3.8) is 0 Å². The van der Waals surface area contributed by atoms with Gasteiger partial charge < -0.3 is 10.2 Å². The van der Waals surface area contributed by atoms with Crippen LogP contribution in [-0.2, 0) is 6.54 Å². The van der Waals surface area contributed by atoms with Gasteiger partial charge in [-0.05, 0) is 19.2 Å². The van der Waals surface area contributed by atoms with E-state index in [0.717, 1.165) is 4.90 Å². The summed E-state index contributed by atoms with van der Waals surface area (Å²) in [6.07, 6.45) is -4.21. The first-order chi connectivity index (χ1) is 7.42. The average molecular weight is 233 g/mol. The zero-order valence-corrected chi connectivity index (χ0v) is 9.17. The van der Waals surface area contributed by atoms with Crippen LogP contribution in [0, 0.1) is 0 Å². The predicted molar refractivity (Wildman–Crippen MR) is 56.3 cm³/mol. The number of anilines is 1. The molecule has 6 heteroatoms. The summed E-state index contributed by atoms with van der Waals surface area (Å²) in [6.45, 7) is -0.462. The van der Waals surface area contributed by atoms with Gasteiger partial charge in [0.1, 0.15) is 12.4 Å². The van der Waals surface area contributed by atoms with Crippen LogP contribution in [0.3, 0.4) is 0 Å². The number of nitrogens with zero attached hydrogens (tertiary/aromatic N) is 2. The molecule has 0 unspecified atom stereocenters. The molecule has 1 aromatic rings. The molecule has 0 aromatic carbocycles. The van der Waals surface area contributed by atoms with Gasteiger partial charge in [-0.1, -0.05) is 6.07 Å². The molecule has 0 fully saturated rings. The Balaban J connectivity index is 2.75. The number of pyridine rings is 1. The molecule has 1 aromatic heterocycles. The normalized spacial score (nSPS) is 11.6. The molecular formula is C10H14F3N3. The van der Waals surface area contributed by atoms with Crippen molar-refractivity contribution >= 4 is 5.82 Å². The summed E-state index contributed by atoms with van der Waals surface area (Å²) in [5.74, 6) is 0.324. The molecule has 0 radical (unpaired) electrons. The van der Waals surface area contributed by atoms with Crippen molar-refractivity contribution in [3.05, 3.63) is 23.9 Å². The minimum atomic E-state index is -4.21. The fourth-order valence-electron chi connectivity index (χ4n) is 1.31. The Labute approximate surface area is 92.3 Å². The Bertz CT molecular complexity index is 338. The third kappa shape index (κ3) is 4.06. The highest BCUT2D eigenvalue weighted by Crippen LogP contribution is 2.19. The van der Waals surface area contributed by atoms with Crippen LogP contribution in [0.2, 0.25) is 0 Å². The molecule has 1 heterocycles. The van der Waals surface area contributed by atoms with Crippen LogP contribution in [0.4, 0.5) is 19.0 Å². The number of rotatable bonds is 4. The second-order valence-electron chi connectivity index (χ2n) is 3.49. The number of hydrogen-bond acceptors (Lipinski definition) is 3. The van der Waals surface area contributed by atoms with Crippen LogP contribution in [0.25, 0.3) is 0 Å². The van der Waals surface area contributed by atoms with Crippen molar-refractivity contribution in [2.24, 2.45) is 0 Å². The highest BCUT2D eigenvalue weighted by molar-refractivity contribution is 5.38. The lowest BCUT2D eigenvalue weighted by Crippen LogP contribution is -2.31. The van der Waals surface area contributed by atoms with Gasteiger partial charge in [-0.2, -0.15) is 13.2 Å². The quantitative estimate of drug-likeness (QED) is 0.859. The zero-order valence-electron chi connectivity index (χ0n) is 9.17. The van der Waals surface area contributed by atoms with E-state index in [9.17, 15) is 13.2 Å². The summed E-state index contributed by atoms with van der Waals surface area (Å²) in [7, 11) is 3.13. The van der Waals surface area contributed by atoms with Crippen LogP contribution in [0.1, 0.15) is 5.69 Å². The van der Waals surface area contributed by atoms with Gasteiger partial charge in [0.25, 0.3) is 0 Å². The van der Waals surface area contributed by atoms with Gasteiger partial charge >= 0.3 is 6.18 Å². The Kier molecular flexibility index (Phi) is 4.12. The lowest BCUT2D eigenvalue weighted by atomic mass is 10.3. The largest absolute Gasteiger partial charge is 0.405 e. The van der Waals surface area contributed by atoms with E-state index in [1.807, 2.05) is 0 Å². The van der Waals surface area contributed by atoms with Crippen molar-refractivity contribution in [1.82, 2.24) is 10.3 Å². The molecule has 3 nitrogen and oxygen atoms in total. The molecule has 0 aliphatic rings. The third-order valence-corrected chi connectivity index (χ3v) is 1.96. The maximum absolute atomic E-state index is 12.2. The Morgan fingerprint density at radius 2 is 2.06 bits per heavy atom. The smallest absolute Gasteiger partial charge is 0.351 e. The van der Waals surface area contributed by atoms with Crippen LogP contribution in [0.5, 0.6) is 0 Å². The second kappa shape index (κ2) is 5.16. The molecule has 16 heavy (non-hydrogen) atoms. The third-order valence-electron chi connectivity index (χ3n) is 1.96. The number of nitrogens with one attached hydrogen (secondary N) is 1. The number of hydrogen-bond donors (Lipinski definition) is 1. The fraction of sp³-hybridized carbons (Fsp3) is 0.500. The maximum atomic E-state index is 12.2. The van der Waals surface area contributed by atoms with Crippen molar-refractivity contribution in [1.29, 1.82) is 0 Å². The first-order valence-corrected chi connectivity index (χ1v) is 4.81. The average Bonchev–Trinajstić information content (AvgIpc) is 2.16. The minimum absolute atomic E-state index is 0.324. The first-order valence-electron chi connectivity index (χ1n) is 4.81. The van der Waals surface area contributed by atoms with Crippen molar-refractivity contribution in [3.8, 4) is 0 Å². The molecule has 90 valence electrons. The fourth-order valence-corrected chi connectivity index (χ4v) is 1.31. The van der Waals surface area contributed by atoms with Crippen molar-refractivity contribution in [2.75, 3.05) is 25.5 Å². The highest BCUT2D eigenvalue weighted by Gasteiger charge is 2.29. The number of aromatic nitrogens is 1. The van der Waals surface area contributed by atoms with E-state index in [4.69, 9.17) is 0 Å². The van der Waals surface area contributed by atoms with Crippen LogP contribution < -0.4 is 10.2 Å². The number of alkyl halides is 3. The van der Waals surface area contributed by atoms with E-state index in [1.54, 1.807) is 25.2 Å². The van der Waals surface area contributed by atoms with Crippen LogP contribution >= 0.6 is 0 Å². The lowest BCUT2D eigenvalue weighted by molar-refractivity contribution is -0.119. The van der Waals surface area contributed by atoms with E-state index in [1.165, 1.54) is 7.05 Å². The topological polar surface area (TPSA) is 28.2 Å². The van der Waals surface area contributed by atoms with E-state index < -0.39 is 12.7 Å². The molecule has 0 aliphatic heterocycles. The Morgan fingerprint density at radius 1 is 1.38 bits per heavy atom. The minimum Gasteiger partial charge on any atom is -0.351 e.